The van der Waals surface area contributed by atoms with Gasteiger partial charge >= 0.3 is 0 Å². The van der Waals surface area contributed by atoms with Crippen molar-refractivity contribution in [2.24, 2.45) is 31.9 Å². The van der Waals surface area contributed by atoms with Crippen molar-refractivity contribution in [3.63, 3.8) is 0 Å². The first-order valence-electron chi connectivity index (χ1n) is 9.62. The number of halogens is 4. The van der Waals surface area contributed by atoms with Crippen LogP contribution in [0, 0.1) is 0 Å². The van der Waals surface area contributed by atoms with Crippen LogP contribution in [0.15, 0.2) is 68.9 Å². The lowest BCUT2D eigenvalue weighted by atomic mass is 10.2. The molecule has 0 aliphatic carbocycles. The predicted molar refractivity (Wildman–Crippen MR) is 145 cm³/mol. The van der Waals surface area contributed by atoms with Gasteiger partial charge in [-0.25, -0.2) is 11.0 Å². The lowest BCUT2D eigenvalue weighted by Gasteiger charge is -2.01. The molecule has 15 heteroatoms. The first-order valence-corrected chi connectivity index (χ1v) is 10.9. The first kappa shape index (κ1) is 32.4. The molecule has 0 amide bonds. The Labute approximate surface area is 224 Å². The third-order valence-electron chi connectivity index (χ3n) is 3.26. The molecular weight excluding hydrogens is 542 g/mol. The van der Waals surface area contributed by atoms with Crippen molar-refractivity contribution >= 4 is 71.6 Å². The van der Waals surface area contributed by atoms with Crippen LogP contribution in [-0.2, 0) is 9.68 Å². The summed E-state index contributed by atoms with van der Waals surface area (Å²) >= 11 is 17.2. The fourth-order valence-corrected chi connectivity index (χ4v) is 2.29. The Bertz CT molecular complexity index is 899. The van der Waals surface area contributed by atoms with Gasteiger partial charge in [-0.15, -0.1) is 34.2 Å². The maximum atomic E-state index is 8.44. The van der Waals surface area contributed by atoms with Crippen LogP contribution in [0.4, 0.5) is 0 Å². The molecule has 0 atom stereocenters. The van der Waals surface area contributed by atoms with E-state index >= 15 is 0 Å². The van der Waals surface area contributed by atoms with E-state index in [0.717, 1.165) is 11.1 Å². The van der Waals surface area contributed by atoms with Crippen LogP contribution in [0.5, 0.6) is 0 Å². The molecular formula is C20H26Cl4N8O3. The number of aliphatic hydroxyl groups excluding tert-OH is 1. The summed E-state index contributed by atoms with van der Waals surface area (Å²) in [5.41, 5.74) is 17.0. The number of alkyl halides is 1. The van der Waals surface area contributed by atoms with Gasteiger partial charge in [-0.05, 0) is 12.1 Å². The Hall–Kier alpha value is -2.64. The molecule has 0 saturated carbocycles. The van der Waals surface area contributed by atoms with Gasteiger partial charge in [0, 0.05) is 27.1 Å². The minimum atomic E-state index is -0.108. The number of hydroxylamine groups is 2. The summed E-state index contributed by atoms with van der Waals surface area (Å²) in [7, 11) is 0. The zero-order valence-corrected chi connectivity index (χ0v) is 21.4. The van der Waals surface area contributed by atoms with Gasteiger partial charge in [0.15, 0.2) is 0 Å². The van der Waals surface area contributed by atoms with Crippen LogP contribution >= 0.6 is 47.2 Å². The molecule has 0 saturated heterocycles. The van der Waals surface area contributed by atoms with Crippen molar-refractivity contribution in [2.75, 3.05) is 25.7 Å². The Kier molecular flexibility index (Phi) is 19.1. The number of hydrogen-bond acceptors (Lipinski definition) is 7. The summed E-state index contributed by atoms with van der Waals surface area (Å²) in [6.07, 6.45) is 2.97. The number of aliphatic hydroxyl groups is 1. The van der Waals surface area contributed by atoms with Gasteiger partial charge in [-0.2, -0.15) is 10.2 Å². The molecule has 0 heterocycles. The van der Waals surface area contributed by atoms with Crippen LogP contribution in [0.1, 0.15) is 11.1 Å². The molecule has 2 rings (SSSR count). The maximum Gasteiger partial charge on any atom is 0.237 e. The van der Waals surface area contributed by atoms with Crippen molar-refractivity contribution < 1.29 is 14.8 Å². The second-order valence-electron chi connectivity index (χ2n) is 5.82. The Morgan fingerprint density at radius 3 is 1.66 bits per heavy atom. The Morgan fingerprint density at radius 2 is 1.26 bits per heavy atom. The molecule has 2 aromatic rings. The number of rotatable bonds is 10. The fourth-order valence-electron chi connectivity index (χ4n) is 1.84. The second kappa shape index (κ2) is 20.7. The second-order valence-corrected chi connectivity index (χ2v) is 7.01. The van der Waals surface area contributed by atoms with Gasteiger partial charge in [0.1, 0.15) is 0 Å². The zero-order chi connectivity index (χ0) is 25.0. The molecule has 0 fully saturated rings. The fraction of sp³-hybridized carbons (Fsp3) is 0.200. The SMILES string of the molecule is Cl.NC(=N/N=C/c1ccccc1Cl)NOCCCl.NC(=N/N=C/c1ccccc1Cl)NOCCO. The van der Waals surface area contributed by atoms with E-state index in [4.69, 9.17) is 61.1 Å². The third-order valence-corrected chi connectivity index (χ3v) is 4.10. The van der Waals surface area contributed by atoms with Crippen LogP contribution in [0.2, 0.25) is 10.0 Å². The molecule has 0 aliphatic rings. The normalized spacial score (nSPS) is 11.7. The summed E-state index contributed by atoms with van der Waals surface area (Å²) in [6.45, 7) is 0.333. The highest BCUT2D eigenvalue weighted by molar-refractivity contribution is 6.33. The van der Waals surface area contributed by atoms with Gasteiger partial charge < -0.3 is 16.6 Å². The van der Waals surface area contributed by atoms with E-state index in [1.54, 1.807) is 18.2 Å². The standard InChI is InChI=1S/C10H12Cl2N4O.C10H13ClN4O2.ClH/c11-5-6-17-16-10(13)15-14-7-8-3-1-2-4-9(8)12;11-9-4-2-1-3-8(9)7-13-14-10(12)15-17-6-5-16;/h1-4,7H,5-6H2,(H3,13,15,16);1-4,7,16H,5-6H2,(H3,12,14,15);1H/b14-7+;13-7+;. The van der Waals surface area contributed by atoms with E-state index in [-0.39, 0.29) is 37.5 Å². The monoisotopic (exact) mass is 566 g/mol. The van der Waals surface area contributed by atoms with Crippen molar-refractivity contribution in [2.45, 2.75) is 0 Å². The van der Waals surface area contributed by atoms with E-state index in [2.05, 4.69) is 31.4 Å². The molecule has 0 spiro atoms. The molecule has 35 heavy (non-hydrogen) atoms. The summed E-state index contributed by atoms with van der Waals surface area (Å²) in [5.74, 6) is 0.392. The Balaban J connectivity index is 0.000000642. The molecule has 192 valence electrons. The summed E-state index contributed by atoms with van der Waals surface area (Å²) in [6, 6.07) is 14.5. The number of hydrogen-bond donors (Lipinski definition) is 5. The highest BCUT2D eigenvalue weighted by atomic mass is 35.5. The van der Waals surface area contributed by atoms with Crippen LogP contribution < -0.4 is 22.4 Å². The average Bonchev–Trinajstić information content (AvgIpc) is 2.82. The van der Waals surface area contributed by atoms with Crippen LogP contribution in [0.25, 0.3) is 0 Å². The minimum absolute atomic E-state index is 0. The molecule has 0 radical (unpaired) electrons. The average molecular weight is 568 g/mol. The molecule has 0 aromatic heterocycles. The maximum absolute atomic E-state index is 8.44. The first-order chi connectivity index (χ1) is 16.5. The molecule has 0 bridgehead atoms. The summed E-state index contributed by atoms with van der Waals surface area (Å²) in [4.78, 5) is 9.55. The van der Waals surface area contributed by atoms with Crippen LogP contribution in [0.3, 0.4) is 0 Å². The number of nitrogens with zero attached hydrogens (tertiary/aromatic N) is 4. The summed E-state index contributed by atoms with van der Waals surface area (Å²) in [5, 5.41) is 24.4. The molecule has 2 aromatic carbocycles. The van der Waals surface area contributed by atoms with E-state index < -0.39 is 0 Å². The third kappa shape index (κ3) is 15.8. The van der Waals surface area contributed by atoms with Crippen molar-refractivity contribution in [3.8, 4) is 0 Å². The lowest BCUT2D eigenvalue weighted by Crippen LogP contribution is -2.32. The number of nitrogens with two attached hydrogens (primary N) is 2. The largest absolute Gasteiger partial charge is 0.394 e. The van der Waals surface area contributed by atoms with E-state index in [1.165, 1.54) is 12.4 Å². The van der Waals surface area contributed by atoms with Gasteiger partial charge in [0.05, 0.1) is 32.2 Å². The quantitative estimate of drug-likeness (QED) is 0.0967. The highest BCUT2D eigenvalue weighted by Crippen LogP contribution is 2.12. The smallest absolute Gasteiger partial charge is 0.237 e. The predicted octanol–water partition coefficient (Wildman–Crippen LogP) is 2.67. The van der Waals surface area contributed by atoms with Gasteiger partial charge in [0.2, 0.25) is 11.9 Å². The van der Waals surface area contributed by atoms with Gasteiger partial charge in [-0.3, -0.25) is 9.68 Å². The lowest BCUT2D eigenvalue weighted by molar-refractivity contribution is 0.0525. The highest BCUT2D eigenvalue weighted by Gasteiger charge is 1.95. The molecule has 11 nitrogen and oxygen atoms in total. The molecule has 0 aliphatic heterocycles. The Morgan fingerprint density at radius 1 is 0.829 bits per heavy atom. The number of benzene rings is 2. The minimum Gasteiger partial charge on any atom is -0.394 e. The molecule has 0 unspecified atom stereocenters. The van der Waals surface area contributed by atoms with Gasteiger partial charge in [-0.1, -0.05) is 59.6 Å². The van der Waals surface area contributed by atoms with Crippen molar-refractivity contribution in [3.05, 3.63) is 69.7 Å². The zero-order valence-electron chi connectivity index (χ0n) is 18.4. The van der Waals surface area contributed by atoms with Crippen molar-refractivity contribution in [1.82, 2.24) is 11.0 Å². The van der Waals surface area contributed by atoms with Gasteiger partial charge in [0.25, 0.3) is 0 Å². The number of guanidine groups is 2. The van der Waals surface area contributed by atoms with E-state index in [0.29, 0.717) is 22.5 Å². The van der Waals surface area contributed by atoms with Crippen LogP contribution in [-0.4, -0.2) is 55.2 Å². The molecule has 7 N–H and O–H groups in total. The topological polar surface area (TPSA) is 164 Å². The van der Waals surface area contributed by atoms with Crippen molar-refractivity contribution in [1.29, 1.82) is 0 Å². The van der Waals surface area contributed by atoms with E-state index in [9.17, 15) is 0 Å². The number of nitrogens with one attached hydrogen (secondary N) is 2. The van der Waals surface area contributed by atoms with E-state index in [1.807, 2.05) is 30.3 Å². The summed E-state index contributed by atoms with van der Waals surface area (Å²) < 4.78 is 0.